The second kappa shape index (κ2) is 7.11. The highest BCUT2D eigenvalue weighted by Gasteiger charge is 2.29. The van der Waals surface area contributed by atoms with E-state index in [1.54, 1.807) is 18.2 Å². The molecule has 0 saturated carbocycles. The Hall–Kier alpha value is -3.35. The number of nitrogen functional groups attached to an aromatic ring is 1. The molecular weight excluding hydrogens is 342 g/mol. The van der Waals surface area contributed by atoms with Crippen molar-refractivity contribution in [2.24, 2.45) is 0 Å². The first-order chi connectivity index (χ1) is 13.1. The number of benzene rings is 2. The van der Waals surface area contributed by atoms with E-state index in [9.17, 15) is 4.79 Å². The molecule has 1 unspecified atom stereocenters. The van der Waals surface area contributed by atoms with Crippen LogP contribution in [0.15, 0.2) is 48.7 Å². The topological polar surface area (TPSA) is 93.4 Å². The number of carbonyl (C=O) groups excluding carboxylic acids is 1. The third kappa shape index (κ3) is 3.48. The molecule has 1 aromatic heterocycles. The number of nitrogens with two attached hydrogens (primary N) is 1. The van der Waals surface area contributed by atoms with Crippen LogP contribution in [0, 0.1) is 0 Å². The first kappa shape index (κ1) is 17.1. The van der Waals surface area contributed by atoms with Gasteiger partial charge in [-0.3, -0.25) is 4.79 Å². The minimum atomic E-state index is -0.0596. The van der Waals surface area contributed by atoms with Gasteiger partial charge in [0.15, 0.2) is 0 Å². The van der Waals surface area contributed by atoms with Gasteiger partial charge in [-0.1, -0.05) is 18.2 Å². The van der Waals surface area contributed by atoms with E-state index in [4.69, 9.17) is 10.5 Å². The molecule has 27 heavy (non-hydrogen) atoms. The van der Waals surface area contributed by atoms with Gasteiger partial charge in [-0.05, 0) is 24.6 Å². The van der Waals surface area contributed by atoms with Gasteiger partial charge < -0.3 is 20.7 Å². The Labute approximate surface area is 157 Å². The van der Waals surface area contributed by atoms with Gasteiger partial charge in [0, 0.05) is 42.5 Å². The zero-order chi connectivity index (χ0) is 18.8. The summed E-state index contributed by atoms with van der Waals surface area (Å²) in [5.74, 6) is 1.02. The number of methoxy groups -OCH3 is 1. The van der Waals surface area contributed by atoms with Crippen LogP contribution in [0.25, 0.3) is 10.9 Å². The summed E-state index contributed by atoms with van der Waals surface area (Å²) >= 11 is 0. The molecule has 3 aromatic rings. The lowest BCUT2D eigenvalue weighted by Gasteiger charge is -2.19. The zero-order valence-corrected chi connectivity index (χ0v) is 15.1. The van der Waals surface area contributed by atoms with Crippen molar-refractivity contribution in [1.82, 2.24) is 14.9 Å². The van der Waals surface area contributed by atoms with Gasteiger partial charge in [-0.2, -0.15) is 0 Å². The van der Waals surface area contributed by atoms with E-state index in [1.165, 1.54) is 7.11 Å². The number of amides is 1. The molecule has 1 aliphatic rings. The maximum Gasteiger partial charge on any atom is 0.257 e. The van der Waals surface area contributed by atoms with Crippen molar-refractivity contribution in [3.8, 4) is 5.75 Å². The number of carbonyl (C=O) groups is 1. The number of nitrogens with one attached hydrogen (secondary N) is 1. The molecule has 2 aromatic carbocycles. The van der Waals surface area contributed by atoms with Crippen molar-refractivity contribution in [2.75, 3.05) is 31.2 Å². The summed E-state index contributed by atoms with van der Waals surface area (Å²) in [7, 11) is 1.54. The van der Waals surface area contributed by atoms with Gasteiger partial charge in [0.25, 0.3) is 5.91 Å². The van der Waals surface area contributed by atoms with Gasteiger partial charge in [-0.15, -0.1) is 0 Å². The van der Waals surface area contributed by atoms with E-state index >= 15 is 0 Å². The smallest absolute Gasteiger partial charge is 0.257 e. The second-order valence-corrected chi connectivity index (χ2v) is 6.59. The summed E-state index contributed by atoms with van der Waals surface area (Å²) in [6.45, 7) is 1.25. The monoisotopic (exact) mass is 363 g/mol. The number of likely N-dealkylation sites (tertiary alicyclic amines) is 1. The summed E-state index contributed by atoms with van der Waals surface area (Å²) in [6.07, 6.45) is 2.64. The molecule has 0 radical (unpaired) electrons. The Kier molecular flexibility index (Phi) is 4.50. The first-order valence-electron chi connectivity index (χ1n) is 8.85. The normalized spacial score (nSPS) is 16.5. The van der Waals surface area contributed by atoms with Crippen molar-refractivity contribution in [3.05, 3.63) is 54.2 Å². The highest BCUT2D eigenvalue weighted by Crippen LogP contribution is 2.25. The molecule has 0 aliphatic carbocycles. The van der Waals surface area contributed by atoms with Crippen LogP contribution in [0.2, 0.25) is 0 Å². The molecule has 0 bridgehead atoms. The maximum absolute atomic E-state index is 12.9. The lowest BCUT2D eigenvalue weighted by Crippen LogP contribution is -2.32. The number of para-hydroxylation sites is 1. The molecule has 138 valence electrons. The predicted molar refractivity (Wildman–Crippen MR) is 105 cm³/mol. The van der Waals surface area contributed by atoms with Crippen molar-refractivity contribution in [2.45, 2.75) is 12.5 Å². The van der Waals surface area contributed by atoms with Crippen LogP contribution in [0.4, 0.5) is 11.6 Å². The van der Waals surface area contributed by atoms with Crippen LogP contribution in [0.1, 0.15) is 16.8 Å². The van der Waals surface area contributed by atoms with Crippen LogP contribution in [-0.4, -0.2) is 47.0 Å². The van der Waals surface area contributed by atoms with Crippen molar-refractivity contribution in [3.63, 3.8) is 0 Å². The van der Waals surface area contributed by atoms with E-state index in [0.717, 1.165) is 17.3 Å². The van der Waals surface area contributed by atoms with E-state index < -0.39 is 0 Å². The van der Waals surface area contributed by atoms with E-state index in [1.807, 2.05) is 35.4 Å². The minimum absolute atomic E-state index is 0.0596. The van der Waals surface area contributed by atoms with Crippen LogP contribution in [0.5, 0.6) is 5.75 Å². The molecule has 7 heteroatoms. The van der Waals surface area contributed by atoms with E-state index in [-0.39, 0.29) is 11.9 Å². The molecule has 1 amide bonds. The fraction of sp³-hybridized carbons (Fsp3) is 0.250. The largest absolute Gasteiger partial charge is 0.496 e. The van der Waals surface area contributed by atoms with Crippen LogP contribution in [-0.2, 0) is 0 Å². The molecule has 0 spiro atoms. The second-order valence-electron chi connectivity index (χ2n) is 6.59. The van der Waals surface area contributed by atoms with Gasteiger partial charge in [-0.25, -0.2) is 9.97 Å². The fourth-order valence-electron chi connectivity index (χ4n) is 3.34. The van der Waals surface area contributed by atoms with Crippen LogP contribution < -0.4 is 15.8 Å². The summed E-state index contributed by atoms with van der Waals surface area (Å²) in [6, 6.07) is 13.1. The molecule has 1 fully saturated rings. The Bertz CT molecular complexity index is 991. The van der Waals surface area contributed by atoms with Gasteiger partial charge >= 0.3 is 0 Å². The summed E-state index contributed by atoms with van der Waals surface area (Å²) in [5, 5.41) is 4.34. The molecular formula is C20H21N5O2. The molecule has 3 N–H and O–H groups in total. The van der Waals surface area contributed by atoms with Crippen LogP contribution in [0.3, 0.4) is 0 Å². The van der Waals surface area contributed by atoms with Gasteiger partial charge in [0.1, 0.15) is 5.75 Å². The zero-order valence-electron chi connectivity index (χ0n) is 15.1. The Balaban J connectivity index is 1.45. The van der Waals surface area contributed by atoms with Gasteiger partial charge in [0.05, 0.1) is 18.2 Å². The maximum atomic E-state index is 12.9. The molecule has 2 heterocycles. The Morgan fingerprint density at radius 1 is 1.30 bits per heavy atom. The summed E-state index contributed by atoms with van der Waals surface area (Å²) < 4.78 is 5.31. The number of hydrogen-bond donors (Lipinski definition) is 2. The standard InChI is InChI=1S/C20H21N5O2/c1-27-18-10-14(21)6-7-16(18)19(26)25-9-8-15(12-25)23-20-22-11-13-4-2-3-5-17(13)24-20/h2-7,10-11,15H,8-9,12,21H2,1H3,(H,22,23,24). The van der Waals surface area contributed by atoms with Crippen molar-refractivity contribution < 1.29 is 9.53 Å². The Morgan fingerprint density at radius 3 is 3.00 bits per heavy atom. The number of nitrogens with zero attached hydrogens (tertiary/aromatic N) is 3. The highest BCUT2D eigenvalue weighted by atomic mass is 16.5. The average molecular weight is 363 g/mol. The molecule has 1 saturated heterocycles. The third-order valence-electron chi connectivity index (χ3n) is 4.75. The van der Waals surface area contributed by atoms with E-state index in [2.05, 4.69) is 15.3 Å². The van der Waals surface area contributed by atoms with Gasteiger partial charge in [0.2, 0.25) is 5.95 Å². The first-order valence-corrected chi connectivity index (χ1v) is 8.85. The summed E-state index contributed by atoms with van der Waals surface area (Å²) in [4.78, 5) is 23.6. The molecule has 7 nitrogen and oxygen atoms in total. The fourth-order valence-corrected chi connectivity index (χ4v) is 3.34. The molecule has 1 aliphatic heterocycles. The summed E-state index contributed by atoms with van der Waals surface area (Å²) in [5.41, 5.74) is 7.76. The predicted octanol–water partition coefficient (Wildman–Crippen LogP) is 2.55. The van der Waals surface area contributed by atoms with Crippen molar-refractivity contribution in [1.29, 1.82) is 0 Å². The number of aromatic nitrogens is 2. The number of rotatable bonds is 4. The average Bonchev–Trinajstić information content (AvgIpc) is 3.15. The number of anilines is 2. The number of hydrogen-bond acceptors (Lipinski definition) is 6. The number of fused-ring (bicyclic) bond motifs is 1. The SMILES string of the molecule is COc1cc(N)ccc1C(=O)N1CCC(Nc2ncc3ccccc3n2)C1. The lowest BCUT2D eigenvalue weighted by molar-refractivity contribution is 0.0788. The Morgan fingerprint density at radius 2 is 2.15 bits per heavy atom. The lowest BCUT2D eigenvalue weighted by atomic mass is 10.1. The number of ether oxygens (including phenoxy) is 1. The highest BCUT2D eigenvalue weighted by molar-refractivity contribution is 5.97. The minimum Gasteiger partial charge on any atom is -0.496 e. The van der Waals surface area contributed by atoms with Crippen molar-refractivity contribution >= 4 is 28.4 Å². The van der Waals surface area contributed by atoms with E-state index in [0.29, 0.717) is 36.0 Å². The third-order valence-corrected chi connectivity index (χ3v) is 4.75. The molecule has 1 atom stereocenters. The van der Waals surface area contributed by atoms with Crippen LogP contribution >= 0.6 is 0 Å². The molecule has 4 rings (SSSR count). The quantitative estimate of drug-likeness (QED) is 0.692.